The van der Waals surface area contributed by atoms with Crippen LogP contribution in [-0.4, -0.2) is 346 Å². The molecule has 6 aliphatic heterocycles. The fourth-order valence-corrected chi connectivity index (χ4v) is 12.1. The molecule has 43 heteroatoms. The van der Waals surface area contributed by atoms with Crippen molar-refractivity contribution in [2.24, 2.45) is 65.1 Å². The van der Waals surface area contributed by atoms with Gasteiger partial charge in [0.25, 0.3) is 0 Å². The van der Waals surface area contributed by atoms with Crippen LogP contribution < -0.4 is 0 Å². The van der Waals surface area contributed by atoms with Gasteiger partial charge in [-0.2, -0.15) is 0 Å². The van der Waals surface area contributed by atoms with E-state index in [9.17, 15) is 109 Å². The lowest BCUT2D eigenvalue weighted by atomic mass is 9.96. The van der Waals surface area contributed by atoms with Gasteiger partial charge in [0.15, 0.2) is 67.7 Å². The quantitative estimate of drug-likeness (QED) is 0.0238. The molecule has 0 aliphatic carbocycles. The maximum Gasteiger partial charge on any atom is 0.308 e. The third kappa shape index (κ3) is 27.9. The van der Waals surface area contributed by atoms with E-state index in [0.29, 0.717) is 0 Å². The predicted octanol–water partition coefficient (Wildman–Crippen LogP) is -1.87. The zero-order chi connectivity index (χ0) is 93.2. The van der Waals surface area contributed by atoms with Gasteiger partial charge in [0.1, 0.15) is 112 Å². The van der Waals surface area contributed by atoms with E-state index in [2.05, 4.69) is 0 Å². The van der Waals surface area contributed by atoms with Gasteiger partial charge in [-0.25, -0.2) is 0 Å². The highest BCUT2D eigenvalue weighted by Gasteiger charge is 2.67. The highest BCUT2D eigenvalue weighted by molar-refractivity contribution is 5.77. The van der Waals surface area contributed by atoms with E-state index in [-0.39, 0.29) is 0 Å². The van der Waals surface area contributed by atoms with Gasteiger partial charge in [0.05, 0.1) is 91.5 Å². The summed E-state index contributed by atoms with van der Waals surface area (Å²) < 4.78 is 126. The van der Waals surface area contributed by atoms with Crippen LogP contribution in [0.3, 0.4) is 0 Å². The van der Waals surface area contributed by atoms with Crippen molar-refractivity contribution in [1.82, 2.24) is 0 Å². The van der Waals surface area contributed by atoms with E-state index in [0.717, 1.165) is 0 Å². The average molecular weight is 1780 g/mol. The van der Waals surface area contributed by atoms with Crippen molar-refractivity contribution in [2.75, 3.05) is 52.9 Å². The van der Waals surface area contributed by atoms with Gasteiger partial charge in [0.2, 0.25) is 17.9 Å². The molecule has 0 aromatic rings. The van der Waals surface area contributed by atoms with Crippen LogP contribution in [0.4, 0.5) is 0 Å². The molecule has 11 N–H and O–H groups in total. The fourth-order valence-electron chi connectivity index (χ4n) is 12.1. The van der Waals surface area contributed by atoms with Gasteiger partial charge in [-0.15, -0.1) is 0 Å². The molecule has 0 aromatic carbocycles. The van der Waals surface area contributed by atoms with Gasteiger partial charge in [-0.1, -0.05) is 152 Å². The highest BCUT2D eigenvalue weighted by atomic mass is 16.8. The van der Waals surface area contributed by atoms with Crippen LogP contribution in [0.1, 0.15) is 152 Å². The highest BCUT2D eigenvalue weighted by Crippen LogP contribution is 2.44. The molecule has 0 radical (unpaired) electrons. The molecule has 6 heterocycles. The molecule has 6 aliphatic rings. The topological polar surface area (TPSA) is 604 Å². The lowest BCUT2D eigenvalue weighted by Crippen LogP contribution is -2.67. The van der Waals surface area contributed by atoms with Gasteiger partial charge >= 0.3 is 65.7 Å². The molecule has 0 bridgehead atoms. The van der Waals surface area contributed by atoms with Gasteiger partial charge < -0.3 is 156 Å². The SMILES string of the molecule is CC(C)C(=O)OCC1O[C@H](OCC2O[C@@H](O[C@]3(COC(=O)C(C)C)O[C@H](COC(=O)C(C)C)[C@@H](OC(=O)C(C)C)[C@H]3OC(=O)C(C)C)C(OC(=O)C(C)C)[C@@H](OC(=O)C(C)C)[C@@H]2OC(=O)C(C)C)C(OC(=O)C(C)C)[C@@H](OC(=O)C(C)C)[C@H]1OC(=O)C(C)C.OCC1O[C@H](OCC2O[C@@H](O[C@]3(CO)O[C@H](CO)[C@@H](O)[C@H]3O)C(O)[C@@H](O)[C@@H]2O)C(O)[C@@H](O)[C@H]1O. The first kappa shape index (κ1) is 107. The molecule has 6 fully saturated rings. The largest absolute Gasteiger partial charge is 0.463 e. The Morgan fingerprint density at radius 3 is 0.976 bits per heavy atom. The van der Waals surface area contributed by atoms with E-state index in [1.54, 1.807) is 27.7 Å². The lowest BCUT2D eigenvalue weighted by Gasteiger charge is -2.48. The third-order valence-electron chi connectivity index (χ3n) is 19.9. The number of esters is 11. The molecule has 708 valence electrons. The first-order valence-electron chi connectivity index (χ1n) is 41.2. The summed E-state index contributed by atoms with van der Waals surface area (Å²) in [6.07, 6.45) is -45.8. The molecular weight excluding hydrogens is 1650 g/mol. The number of hydrogen-bond donors (Lipinski definition) is 11. The summed E-state index contributed by atoms with van der Waals surface area (Å²) >= 11 is 0. The molecule has 8 unspecified atom stereocenters. The van der Waals surface area contributed by atoms with E-state index >= 15 is 0 Å². The van der Waals surface area contributed by atoms with Crippen LogP contribution in [-0.2, 0) is 152 Å². The summed E-state index contributed by atoms with van der Waals surface area (Å²) in [5.41, 5.74) is 0. The van der Waals surface area contributed by atoms with Gasteiger partial charge in [-0.3, -0.25) is 52.7 Å². The third-order valence-corrected chi connectivity index (χ3v) is 19.9. The Balaban J connectivity index is 0.000000652. The van der Waals surface area contributed by atoms with E-state index in [4.69, 9.17) is 99.5 Å². The van der Waals surface area contributed by atoms with Crippen LogP contribution in [0.5, 0.6) is 0 Å². The molecule has 6 rings (SSSR count). The predicted molar refractivity (Wildman–Crippen MR) is 408 cm³/mol. The molecule has 0 aromatic heterocycles. The maximum atomic E-state index is 14.1. The first-order chi connectivity index (χ1) is 57.2. The van der Waals surface area contributed by atoms with Crippen molar-refractivity contribution in [1.29, 1.82) is 0 Å². The lowest BCUT2D eigenvalue weighted by molar-refractivity contribution is -0.389. The zero-order valence-electron chi connectivity index (χ0n) is 73.5. The van der Waals surface area contributed by atoms with Crippen LogP contribution >= 0.6 is 0 Å². The Bertz CT molecular complexity index is 3430. The second kappa shape index (κ2) is 47.4. The zero-order valence-corrected chi connectivity index (χ0v) is 73.5. The van der Waals surface area contributed by atoms with Crippen molar-refractivity contribution in [3.8, 4) is 0 Å². The molecule has 123 heavy (non-hydrogen) atoms. The maximum absolute atomic E-state index is 14.1. The summed E-state index contributed by atoms with van der Waals surface area (Å²) in [4.78, 5) is 151. The summed E-state index contributed by atoms with van der Waals surface area (Å²) in [7, 11) is 0. The Morgan fingerprint density at radius 2 is 0.569 bits per heavy atom. The molecule has 6 saturated heterocycles. The standard InChI is InChI=1S/C62H98O27.C18H32O16/c1-27(2)49(63)74-23-38-41(80-52(66)30(7)8)44(83-55(69)33(13)14)46(85-57(71)35(17)18)60(78-38)76-24-39-42(81-53(67)31(9)10)45(84-56(70)34(15)16)47(86-58(72)36(19)20)61(79-39)89-62(26-77-51(65)29(5)6)48(87-59(73)37(21)22)43(82-54(68)32(11)12)40(88-62)25-75-50(64)28(3)4;19-1-5-8(22)11(25)13(27)16(31-5)30-3-7-9(23)12(26)14(28)17(32-7)34-18(4-21)15(29)10(24)6(2-20)33-18/h27-48,60-61H,23-26H2,1-22H3;5-17,19-29H,1-4H2/t38?,39?,40-,41+,42-,43-,44+,45+,46?,47?,48-,60+,61+,62+;5?,6-,7?,8+,9-,10-,11+,12+,13?,14?,15-,16+,17+,18+/m11/s1. The molecular formula is C80H130O43. The minimum Gasteiger partial charge on any atom is -0.463 e. The molecule has 28 atom stereocenters. The molecule has 0 spiro atoms. The van der Waals surface area contributed by atoms with Crippen LogP contribution in [0.2, 0.25) is 0 Å². The van der Waals surface area contributed by atoms with Crippen molar-refractivity contribution in [3.05, 3.63) is 0 Å². The normalized spacial score (nSPS) is 34.0. The molecule has 0 saturated carbocycles. The summed E-state index contributed by atoms with van der Waals surface area (Å²) in [6.45, 7) is 26.7. The number of hydrogen-bond acceptors (Lipinski definition) is 43. The Kier molecular flexibility index (Phi) is 41.2. The summed E-state index contributed by atoms with van der Waals surface area (Å²) in [5, 5.41) is 109. The fraction of sp³-hybridized carbons (Fsp3) is 0.863. The summed E-state index contributed by atoms with van der Waals surface area (Å²) in [6, 6.07) is 0. The van der Waals surface area contributed by atoms with Crippen LogP contribution in [0, 0.1) is 65.1 Å². The Morgan fingerprint density at radius 1 is 0.268 bits per heavy atom. The Hall–Kier alpha value is -6.67. The van der Waals surface area contributed by atoms with Crippen molar-refractivity contribution in [3.63, 3.8) is 0 Å². The van der Waals surface area contributed by atoms with E-state index in [1.165, 1.54) is 125 Å². The minimum absolute atomic E-state index is 0.634. The molecule has 0 amide bonds. The van der Waals surface area contributed by atoms with Gasteiger partial charge in [-0.05, 0) is 0 Å². The van der Waals surface area contributed by atoms with Crippen molar-refractivity contribution >= 4 is 65.7 Å². The number of rotatable bonds is 38. The number of aliphatic hydroxyl groups excluding tert-OH is 11. The molecule has 43 nitrogen and oxygen atoms in total. The monoisotopic (exact) mass is 1780 g/mol. The van der Waals surface area contributed by atoms with Crippen LogP contribution in [0.25, 0.3) is 0 Å². The smallest absolute Gasteiger partial charge is 0.308 e. The van der Waals surface area contributed by atoms with Crippen molar-refractivity contribution < 1.29 is 208 Å². The van der Waals surface area contributed by atoms with Gasteiger partial charge in [0, 0.05) is 0 Å². The van der Waals surface area contributed by atoms with E-state index in [1.807, 2.05) is 0 Å². The number of carbonyl (C=O) groups is 11. The second-order valence-corrected chi connectivity index (χ2v) is 34.2. The number of ether oxygens (including phenoxy) is 21. The van der Waals surface area contributed by atoms with Crippen LogP contribution in [0.15, 0.2) is 0 Å². The first-order valence-corrected chi connectivity index (χ1v) is 41.2. The number of carbonyl (C=O) groups excluding carboxylic acids is 11. The summed E-state index contributed by atoms with van der Waals surface area (Å²) in [5.74, 6) is -23.8. The van der Waals surface area contributed by atoms with Crippen molar-refractivity contribution in [2.45, 2.75) is 323 Å². The number of aliphatic hydroxyl groups is 11. The average Bonchev–Trinajstić information content (AvgIpc) is 1.60. The minimum atomic E-state index is -2.75. The van der Waals surface area contributed by atoms with E-state index < -0.39 is 355 Å². The Labute approximate surface area is 712 Å². The second-order valence-electron chi connectivity index (χ2n) is 34.2.